The van der Waals surface area contributed by atoms with Crippen LogP contribution >= 0.6 is 24.0 Å². The number of aromatic nitrogens is 1. The minimum absolute atomic E-state index is 0. The Morgan fingerprint density at radius 2 is 2.14 bits per heavy atom. The third-order valence-corrected chi connectivity index (χ3v) is 5.12. The summed E-state index contributed by atoms with van der Waals surface area (Å²) in [5.41, 5.74) is 1.03. The van der Waals surface area contributed by atoms with Crippen LogP contribution in [0.3, 0.4) is 0 Å². The van der Waals surface area contributed by atoms with E-state index in [0.29, 0.717) is 19.0 Å². The zero-order chi connectivity index (χ0) is 19.2. The summed E-state index contributed by atoms with van der Waals surface area (Å²) in [5.74, 6) is 2.21. The maximum absolute atomic E-state index is 11.9. The summed E-state index contributed by atoms with van der Waals surface area (Å²) in [6.45, 7) is 7.62. The average molecular weight is 502 g/mol. The predicted octanol–water partition coefficient (Wildman–Crippen LogP) is 2.69. The van der Waals surface area contributed by atoms with Gasteiger partial charge in [0.25, 0.3) is 0 Å². The lowest BCUT2D eigenvalue weighted by atomic mass is 9.99. The molecular weight excluding hydrogens is 471 g/mol. The first kappa shape index (κ1) is 22.7. The SMILES string of the molecule is CCNC(=NCc1ccc(OCC2CC2)nc1)N1CC(C)C(C(=O)OC)C1.I. The van der Waals surface area contributed by atoms with Gasteiger partial charge in [-0.1, -0.05) is 13.0 Å². The molecule has 1 aromatic heterocycles. The molecule has 1 saturated carbocycles. The van der Waals surface area contributed by atoms with Gasteiger partial charge in [-0.2, -0.15) is 0 Å². The van der Waals surface area contributed by atoms with Crippen LogP contribution in [-0.4, -0.2) is 55.2 Å². The fraction of sp³-hybridized carbons (Fsp3) is 0.650. The molecule has 2 aliphatic rings. The monoisotopic (exact) mass is 502 g/mol. The average Bonchev–Trinajstić information content (AvgIpc) is 3.44. The van der Waals surface area contributed by atoms with Crippen LogP contribution in [0, 0.1) is 17.8 Å². The van der Waals surface area contributed by atoms with Gasteiger partial charge in [0.15, 0.2) is 5.96 Å². The number of carbonyl (C=O) groups is 1. The van der Waals surface area contributed by atoms with Gasteiger partial charge >= 0.3 is 5.97 Å². The zero-order valence-corrected chi connectivity index (χ0v) is 19.2. The lowest BCUT2D eigenvalue weighted by Gasteiger charge is -2.21. The molecule has 3 rings (SSSR count). The molecule has 156 valence electrons. The summed E-state index contributed by atoms with van der Waals surface area (Å²) in [6.07, 6.45) is 4.36. The molecule has 2 atom stereocenters. The second-order valence-corrected chi connectivity index (χ2v) is 7.44. The fourth-order valence-electron chi connectivity index (χ4n) is 3.27. The van der Waals surface area contributed by atoms with E-state index in [2.05, 4.69) is 22.1 Å². The first-order valence-electron chi connectivity index (χ1n) is 9.79. The fourth-order valence-corrected chi connectivity index (χ4v) is 3.27. The normalized spacial score (nSPS) is 21.8. The van der Waals surface area contributed by atoms with Crippen LogP contribution in [0.4, 0.5) is 0 Å². The van der Waals surface area contributed by atoms with Crippen molar-refractivity contribution in [1.82, 2.24) is 15.2 Å². The number of nitrogens with zero attached hydrogens (tertiary/aromatic N) is 3. The maximum atomic E-state index is 11.9. The Hall–Kier alpha value is -1.58. The van der Waals surface area contributed by atoms with Crippen molar-refractivity contribution in [3.05, 3.63) is 23.9 Å². The van der Waals surface area contributed by atoms with Crippen molar-refractivity contribution in [3.63, 3.8) is 0 Å². The third kappa shape index (κ3) is 6.22. The van der Waals surface area contributed by atoms with Gasteiger partial charge in [-0.25, -0.2) is 9.98 Å². The number of aliphatic imine (C=N–C) groups is 1. The second-order valence-electron chi connectivity index (χ2n) is 7.44. The van der Waals surface area contributed by atoms with Gasteiger partial charge < -0.3 is 19.7 Å². The highest BCUT2D eigenvalue weighted by Crippen LogP contribution is 2.29. The summed E-state index contributed by atoms with van der Waals surface area (Å²) >= 11 is 0. The van der Waals surface area contributed by atoms with E-state index in [9.17, 15) is 4.79 Å². The molecule has 1 N–H and O–H groups in total. The number of nitrogens with one attached hydrogen (secondary N) is 1. The number of likely N-dealkylation sites (tertiary alicyclic amines) is 1. The van der Waals surface area contributed by atoms with Crippen LogP contribution in [0.1, 0.15) is 32.3 Å². The highest BCUT2D eigenvalue weighted by Gasteiger charge is 2.36. The number of hydrogen-bond acceptors (Lipinski definition) is 5. The van der Waals surface area contributed by atoms with E-state index < -0.39 is 0 Å². The van der Waals surface area contributed by atoms with E-state index in [-0.39, 0.29) is 41.8 Å². The summed E-state index contributed by atoms with van der Waals surface area (Å²) in [5, 5.41) is 3.32. The first-order chi connectivity index (χ1) is 13.1. The molecule has 2 heterocycles. The van der Waals surface area contributed by atoms with Crippen LogP contribution in [0.15, 0.2) is 23.3 Å². The zero-order valence-electron chi connectivity index (χ0n) is 16.9. The molecule has 8 heteroatoms. The maximum Gasteiger partial charge on any atom is 0.310 e. The Morgan fingerprint density at radius 3 is 2.75 bits per heavy atom. The number of carbonyl (C=O) groups excluding carboxylic acids is 1. The Labute approximate surface area is 184 Å². The number of pyridine rings is 1. The molecule has 0 amide bonds. The van der Waals surface area contributed by atoms with Gasteiger partial charge in [0.1, 0.15) is 0 Å². The molecule has 0 spiro atoms. The van der Waals surface area contributed by atoms with Crippen molar-refractivity contribution in [2.24, 2.45) is 22.7 Å². The van der Waals surface area contributed by atoms with E-state index in [1.54, 1.807) is 0 Å². The van der Waals surface area contributed by atoms with Crippen LogP contribution in [0.5, 0.6) is 5.88 Å². The molecule has 0 radical (unpaired) electrons. The molecule has 1 aliphatic carbocycles. The van der Waals surface area contributed by atoms with Gasteiger partial charge in [-0.05, 0) is 37.2 Å². The lowest BCUT2D eigenvalue weighted by molar-refractivity contribution is -0.145. The molecule has 28 heavy (non-hydrogen) atoms. The van der Waals surface area contributed by atoms with E-state index >= 15 is 0 Å². The van der Waals surface area contributed by atoms with Crippen molar-refractivity contribution in [3.8, 4) is 5.88 Å². The van der Waals surface area contributed by atoms with Crippen molar-refractivity contribution < 1.29 is 14.3 Å². The highest BCUT2D eigenvalue weighted by molar-refractivity contribution is 14.0. The molecule has 7 nitrogen and oxygen atoms in total. The van der Waals surface area contributed by atoms with Gasteiger partial charge in [0.2, 0.25) is 5.88 Å². The Bertz CT molecular complexity index is 664. The molecule has 2 fully saturated rings. The van der Waals surface area contributed by atoms with Gasteiger partial charge in [-0.15, -0.1) is 24.0 Å². The summed E-state index contributed by atoms with van der Waals surface area (Å²) in [7, 11) is 1.45. The Balaban J connectivity index is 0.00000280. The summed E-state index contributed by atoms with van der Waals surface area (Å²) < 4.78 is 10.6. The minimum Gasteiger partial charge on any atom is -0.477 e. The first-order valence-corrected chi connectivity index (χ1v) is 9.79. The van der Waals surface area contributed by atoms with Crippen LogP contribution in [0.25, 0.3) is 0 Å². The minimum atomic E-state index is -0.146. The number of esters is 1. The number of ether oxygens (including phenoxy) is 2. The number of hydrogen-bond donors (Lipinski definition) is 1. The van der Waals surface area contributed by atoms with Crippen LogP contribution < -0.4 is 10.1 Å². The van der Waals surface area contributed by atoms with Gasteiger partial charge in [0, 0.05) is 31.9 Å². The van der Waals surface area contributed by atoms with Gasteiger partial charge in [0.05, 0.1) is 26.2 Å². The quantitative estimate of drug-likeness (QED) is 0.268. The summed E-state index contributed by atoms with van der Waals surface area (Å²) in [6, 6.07) is 3.91. The van der Waals surface area contributed by atoms with Crippen molar-refractivity contribution >= 4 is 35.9 Å². The Morgan fingerprint density at radius 1 is 1.36 bits per heavy atom. The smallest absolute Gasteiger partial charge is 0.310 e. The largest absolute Gasteiger partial charge is 0.477 e. The number of halogens is 1. The highest BCUT2D eigenvalue weighted by atomic mass is 127. The van der Waals surface area contributed by atoms with Gasteiger partial charge in [-0.3, -0.25) is 4.79 Å². The summed E-state index contributed by atoms with van der Waals surface area (Å²) in [4.78, 5) is 23.2. The van der Waals surface area contributed by atoms with Crippen molar-refractivity contribution in [2.45, 2.75) is 33.2 Å². The molecule has 0 aromatic carbocycles. The van der Waals surface area contributed by atoms with E-state index in [1.165, 1.54) is 20.0 Å². The van der Waals surface area contributed by atoms with Crippen LogP contribution in [0.2, 0.25) is 0 Å². The molecule has 1 saturated heterocycles. The Kier molecular flexibility index (Phi) is 8.78. The number of methoxy groups -OCH3 is 1. The number of rotatable bonds is 7. The molecule has 1 aliphatic heterocycles. The molecule has 0 bridgehead atoms. The third-order valence-electron chi connectivity index (χ3n) is 5.12. The topological polar surface area (TPSA) is 76.1 Å². The standard InChI is InChI=1S/C20H30N4O3.HI/c1-4-21-20(24-11-14(2)17(12-24)19(25)26-3)23-10-16-7-8-18(22-9-16)27-13-15-5-6-15;/h7-9,14-15,17H,4-6,10-13H2,1-3H3,(H,21,23);1H. The van der Waals surface area contributed by atoms with E-state index in [1.807, 2.05) is 25.3 Å². The number of guanidine groups is 1. The lowest BCUT2D eigenvalue weighted by Crippen LogP contribution is -2.40. The van der Waals surface area contributed by atoms with Crippen molar-refractivity contribution in [2.75, 3.05) is 33.4 Å². The molecule has 2 unspecified atom stereocenters. The molecule has 1 aromatic rings. The van der Waals surface area contributed by atoms with E-state index in [4.69, 9.17) is 14.5 Å². The second kappa shape index (κ2) is 10.8. The van der Waals surface area contributed by atoms with E-state index in [0.717, 1.165) is 37.1 Å². The van der Waals surface area contributed by atoms with Crippen LogP contribution in [-0.2, 0) is 16.1 Å². The van der Waals surface area contributed by atoms with Crippen molar-refractivity contribution in [1.29, 1.82) is 0 Å². The predicted molar refractivity (Wildman–Crippen MR) is 119 cm³/mol. The molecular formula is C20H31IN4O3.